The van der Waals surface area contributed by atoms with Crippen molar-refractivity contribution in [1.82, 2.24) is 10.2 Å². The van der Waals surface area contributed by atoms with Gasteiger partial charge in [-0.3, -0.25) is 9.59 Å². The van der Waals surface area contributed by atoms with Crippen molar-refractivity contribution in [2.45, 2.75) is 53.5 Å². The zero-order valence-corrected chi connectivity index (χ0v) is 19.7. The van der Waals surface area contributed by atoms with Crippen molar-refractivity contribution in [2.75, 3.05) is 26.8 Å². The van der Waals surface area contributed by atoms with E-state index in [9.17, 15) is 9.59 Å². The first-order chi connectivity index (χ1) is 14.1. The van der Waals surface area contributed by atoms with E-state index < -0.39 is 0 Å². The predicted octanol–water partition coefficient (Wildman–Crippen LogP) is 4.40. The van der Waals surface area contributed by atoms with Crippen molar-refractivity contribution in [3.8, 4) is 11.5 Å². The number of methoxy groups -OCH3 is 1. The van der Waals surface area contributed by atoms with E-state index >= 15 is 0 Å². The maximum Gasteiger partial charge on any atom is 0.254 e. The molecule has 1 aliphatic rings. The Morgan fingerprint density at radius 3 is 2.33 bits per heavy atom. The summed E-state index contributed by atoms with van der Waals surface area (Å²) in [5.74, 6) is 1.55. The van der Waals surface area contributed by atoms with E-state index in [0.717, 1.165) is 0 Å². The minimum absolute atomic E-state index is 0.0554. The number of hydrogen-bond acceptors (Lipinski definition) is 4. The van der Waals surface area contributed by atoms with E-state index in [1.54, 1.807) is 17.0 Å². The Hall–Kier alpha value is -1.95. The number of ether oxygens (including phenoxy) is 2. The van der Waals surface area contributed by atoms with Gasteiger partial charge in [0.2, 0.25) is 5.91 Å². The van der Waals surface area contributed by atoms with Gasteiger partial charge in [0.1, 0.15) is 0 Å². The first kappa shape index (κ1) is 24.3. The Kier molecular flexibility index (Phi) is 8.83. The second-order valence-electron chi connectivity index (χ2n) is 8.80. The van der Waals surface area contributed by atoms with Gasteiger partial charge in [-0.1, -0.05) is 39.3 Å². The number of likely N-dealkylation sites (tertiary alicyclic amines) is 1. The topological polar surface area (TPSA) is 67.9 Å². The second kappa shape index (κ2) is 10.9. The summed E-state index contributed by atoms with van der Waals surface area (Å²) < 4.78 is 11.2. The summed E-state index contributed by atoms with van der Waals surface area (Å²) >= 11 is 6.39. The van der Waals surface area contributed by atoms with Gasteiger partial charge in [-0.05, 0) is 43.7 Å². The molecule has 1 aliphatic heterocycles. The number of piperidine rings is 1. The zero-order chi connectivity index (χ0) is 22.4. The third-order valence-corrected chi connectivity index (χ3v) is 5.84. The average molecular weight is 439 g/mol. The Morgan fingerprint density at radius 2 is 1.80 bits per heavy atom. The molecule has 6 nitrogen and oxygen atoms in total. The fourth-order valence-electron chi connectivity index (χ4n) is 3.27. The van der Waals surface area contributed by atoms with Crippen molar-refractivity contribution in [3.63, 3.8) is 0 Å². The van der Waals surface area contributed by atoms with E-state index in [2.05, 4.69) is 19.2 Å². The molecule has 1 N–H and O–H groups in total. The fraction of sp³-hybridized carbons (Fsp3) is 0.652. The normalized spacial score (nSPS) is 16.0. The van der Waals surface area contributed by atoms with Crippen molar-refractivity contribution in [2.24, 2.45) is 17.8 Å². The molecule has 0 aromatic heterocycles. The summed E-state index contributed by atoms with van der Waals surface area (Å²) in [6, 6.07) is 3.45. The van der Waals surface area contributed by atoms with Crippen LogP contribution in [0.4, 0.5) is 0 Å². The van der Waals surface area contributed by atoms with Gasteiger partial charge >= 0.3 is 0 Å². The molecule has 1 unspecified atom stereocenters. The van der Waals surface area contributed by atoms with Crippen LogP contribution in [0.15, 0.2) is 12.1 Å². The van der Waals surface area contributed by atoms with Gasteiger partial charge in [0.05, 0.1) is 18.7 Å². The number of amides is 2. The molecule has 1 atom stereocenters. The number of hydrogen-bond donors (Lipinski definition) is 1. The molecule has 168 valence electrons. The summed E-state index contributed by atoms with van der Waals surface area (Å²) in [4.78, 5) is 27.3. The Morgan fingerprint density at radius 1 is 1.17 bits per heavy atom. The summed E-state index contributed by atoms with van der Waals surface area (Å²) in [5.41, 5.74) is 0.463. The van der Waals surface area contributed by atoms with Crippen molar-refractivity contribution >= 4 is 23.4 Å². The van der Waals surface area contributed by atoms with Crippen molar-refractivity contribution in [3.05, 3.63) is 22.7 Å². The van der Waals surface area contributed by atoms with Gasteiger partial charge in [0.15, 0.2) is 11.5 Å². The van der Waals surface area contributed by atoms with E-state index in [4.69, 9.17) is 21.1 Å². The third kappa shape index (κ3) is 6.27. The maximum atomic E-state index is 13.0. The van der Waals surface area contributed by atoms with Crippen LogP contribution in [-0.4, -0.2) is 49.6 Å². The fourth-order valence-corrected chi connectivity index (χ4v) is 3.53. The molecule has 0 aliphatic carbocycles. The summed E-state index contributed by atoms with van der Waals surface area (Å²) in [6.45, 7) is 11.9. The van der Waals surface area contributed by atoms with Crippen LogP contribution < -0.4 is 14.8 Å². The molecule has 30 heavy (non-hydrogen) atoms. The number of nitrogens with one attached hydrogen (secondary N) is 1. The number of nitrogens with zero attached hydrogens (tertiary/aromatic N) is 1. The number of carbonyl (C=O) groups excluding carboxylic acids is 2. The van der Waals surface area contributed by atoms with Crippen LogP contribution in [0.2, 0.25) is 5.02 Å². The van der Waals surface area contributed by atoms with Crippen LogP contribution in [-0.2, 0) is 4.79 Å². The number of rotatable bonds is 8. The maximum absolute atomic E-state index is 13.0. The van der Waals surface area contributed by atoms with E-state index in [1.165, 1.54) is 7.11 Å². The lowest BCUT2D eigenvalue weighted by molar-refractivity contribution is -0.127. The van der Waals surface area contributed by atoms with Crippen LogP contribution >= 0.6 is 11.6 Å². The molecule has 0 radical (unpaired) electrons. The van der Waals surface area contributed by atoms with Crippen molar-refractivity contribution < 1.29 is 19.1 Å². The molecule has 0 saturated carbocycles. The quantitative estimate of drug-likeness (QED) is 0.653. The minimum Gasteiger partial charge on any atom is -0.493 e. The van der Waals surface area contributed by atoms with Gasteiger partial charge in [0.25, 0.3) is 5.91 Å². The summed E-state index contributed by atoms with van der Waals surface area (Å²) in [5, 5.41) is 3.44. The second-order valence-corrected chi connectivity index (χ2v) is 9.21. The van der Waals surface area contributed by atoms with E-state index in [-0.39, 0.29) is 23.8 Å². The van der Waals surface area contributed by atoms with Crippen LogP contribution in [0.5, 0.6) is 11.5 Å². The largest absolute Gasteiger partial charge is 0.493 e. The molecular weight excluding hydrogens is 404 g/mol. The van der Waals surface area contributed by atoms with Crippen LogP contribution in [0.1, 0.15) is 57.8 Å². The smallest absolute Gasteiger partial charge is 0.254 e. The molecule has 1 heterocycles. The lowest BCUT2D eigenvalue weighted by Gasteiger charge is -2.32. The van der Waals surface area contributed by atoms with Gasteiger partial charge in [0, 0.05) is 30.6 Å². The van der Waals surface area contributed by atoms with E-state index in [1.807, 2.05) is 20.8 Å². The number of carbonyl (C=O) groups is 2. The summed E-state index contributed by atoms with van der Waals surface area (Å²) in [6.07, 6.45) is 1.31. The molecule has 1 fully saturated rings. The molecule has 2 amide bonds. The Labute approximate surface area is 185 Å². The highest BCUT2D eigenvalue weighted by atomic mass is 35.5. The predicted molar refractivity (Wildman–Crippen MR) is 119 cm³/mol. The molecule has 1 aromatic rings. The standard InChI is InChI=1S/C23H35ClN2O4/c1-14(2)13-30-21-19(24)11-18(12-20(21)29-6)23(28)26-9-7-17(8-10-26)22(27)25-16(5)15(3)4/h11-12,14-17H,7-10,13H2,1-6H3,(H,25,27). The monoisotopic (exact) mass is 438 g/mol. The van der Waals surface area contributed by atoms with Crippen LogP contribution in [0.3, 0.4) is 0 Å². The average Bonchev–Trinajstić information content (AvgIpc) is 2.71. The Balaban J connectivity index is 2.02. The first-order valence-electron chi connectivity index (χ1n) is 10.7. The molecule has 7 heteroatoms. The first-order valence-corrected chi connectivity index (χ1v) is 11.1. The van der Waals surface area contributed by atoms with Gasteiger partial charge in [-0.2, -0.15) is 0 Å². The highest BCUT2D eigenvalue weighted by molar-refractivity contribution is 6.32. The SMILES string of the molecule is COc1cc(C(=O)N2CCC(C(=O)NC(C)C(C)C)CC2)cc(Cl)c1OCC(C)C. The number of halogens is 1. The molecule has 0 bridgehead atoms. The highest BCUT2D eigenvalue weighted by Gasteiger charge is 2.29. The molecule has 0 spiro atoms. The van der Waals surface area contributed by atoms with Crippen molar-refractivity contribution in [1.29, 1.82) is 0 Å². The molecule has 1 saturated heterocycles. The zero-order valence-electron chi connectivity index (χ0n) is 19.0. The molecule has 2 rings (SSSR count). The number of benzene rings is 1. The minimum atomic E-state index is -0.111. The van der Waals surface area contributed by atoms with Gasteiger partial charge < -0.3 is 19.7 Å². The van der Waals surface area contributed by atoms with Crippen LogP contribution in [0, 0.1) is 17.8 Å². The lowest BCUT2D eigenvalue weighted by atomic mass is 9.94. The van der Waals surface area contributed by atoms with Crippen LogP contribution in [0.25, 0.3) is 0 Å². The highest BCUT2D eigenvalue weighted by Crippen LogP contribution is 2.37. The third-order valence-electron chi connectivity index (χ3n) is 5.56. The van der Waals surface area contributed by atoms with Gasteiger partial charge in [-0.15, -0.1) is 0 Å². The molecule has 1 aromatic carbocycles. The lowest BCUT2D eigenvalue weighted by Crippen LogP contribution is -2.45. The summed E-state index contributed by atoms with van der Waals surface area (Å²) in [7, 11) is 1.53. The van der Waals surface area contributed by atoms with Gasteiger partial charge in [-0.25, -0.2) is 0 Å². The van der Waals surface area contributed by atoms with E-state index in [0.29, 0.717) is 66.5 Å². The Bertz CT molecular complexity index is 743. The molecular formula is C23H35ClN2O4.